The fraction of sp³-hybridized carbons (Fsp3) is 0.520. The molecule has 2 aromatic rings. The summed E-state index contributed by atoms with van der Waals surface area (Å²) in [7, 11) is 1.34. The molecule has 0 aliphatic carbocycles. The lowest BCUT2D eigenvalue weighted by Gasteiger charge is -2.39. The number of rotatable bonds is 7. The number of piperidine rings is 1. The van der Waals surface area contributed by atoms with Gasteiger partial charge in [0.25, 0.3) is 5.56 Å². The molecule has 11 heteroatoms. The number of aromatic nitrogens is 2. The Morgan fingerprint density at radius 1 is 1.03 bits per heavy atom. The van der Waals surface area contributed by atoms with Gasteiger partial charge in [0.05, 0.1) is 12.7 Å². The smallest absolute Gasteiger partial charge is 0.397 e. The second-order valence-electron chi connectivity index (χ2n) is 9.57. The van der Waals surface area contributed by atoms with Crippen LogP contribution in [0.1, 0.15) is 48.9 Å². The summed E-state index contributed by atoms with van der Waals surface area (Å²) in [5, 5.41) is 0. The van der Waals surface area contributed by atoms with Crippen LogP contribution in [-0.2, 0) is 43.9 Å². The van der Waals surface area contributed by atoms with Crippen LogP contribution < -0.4 is 11.2 Å². The third kappa shape index (κ3) is 4.37. The number of halogens is 1. The van der Waals surface area contributed by atoms with Crippen LogP contribution in [0, 0.1) is 12.7 Å². The number of fused-ring (bicyclic) bond motifs is 2. The number of nitrogens with zero attached hydrogens (tertiary/aromatic N) is 3. The van der Waals surface area contributed by atoms with Crippen molar-refractivity contribution in [3.8, 4) is 0 Å². The maximum Gasteiger partial charge on any atom is 0.422 e. The molecule has 1 aromatic carbocycles. The Morgan fingerprint density at radius 2 is 1.67 bits per heavy atom. The molecule has 2 unspecified atom stereocenters. The minimum atomic E-state index is -1.53. The average Bonchev–Trinajstić information content (AvgIpc) is 3.30. The van der Waals surface area contributed by atoms with E-state index in [2.05, 4.69) is 4.90 Å². The zero-order valence-corrected chi connectivity index (χ0v) is 20.1. The Labute approximate surface area is 206 Å². The van der Waals surface area contributed by atoms with Gasteiger partial charge in [-0.05, 0) is 45.1 Å². The fourth-order valence-corrected chi connectivity index (χ4v) is 5.63. The normalized spacial score (nSPS) is 24.2. The zero-order chi connectivity index (χ0) is 25.6. The lowest BCUT2D eigenvalue weighted by Crippen LogP contribution is -2.47. The van der Waals surface area contributed by atoms with E-state index >= 15 is 0 Å². The Bertz CT molecular complexity index is 1290. The Kier molecular flexibility index (Phi) is 6.52. The fourth-order valence-electron chi connectivity index (χ4n) is 5.63. The van der Waals surface area contributed by atoms with Gasteiger partial charge in [-0.2, -0.15) is 0 Å². The van der Waals surface area contributed by atoms with E-state index < -0.39 is 29.6 Å². The van der Waals surface area contributed by atoms with Gasteiger partial charge in [-0.15, -0.1) is 0 Å². The van der Waals surface area contributed by atoms with Gasteiger partial charge in [-0.25, -0.2) is 23.3 Å². The van der Waals surface area contributed by atoms with E-state index in [0.29, 0.717) is 41.9 Å². The maximum atomic E-state index is 13.9. The number of ether oxygens (including phenoxy) is 3. The van der Waals surface area contributed by atoms with Crippen molar-refractivity contribution in [3.05, 3.63) is 67.7 Å². The van der Waals surface area contributed by atoms with Gasteiger partial charge >= 0.3 is 24.0 Å². The molecule has 10 nitrogen and oxygen atoms in total. The van der Waals surface area contributed by atoms with E-state index in [1.165, 1.54) is 13.1 Å². The molecule has 0 N–H and O–H groups in total. The van der Waals surface area contributed by atoms with Gasteiger partial charge in [-0.3, -0.25) is 14.3 Å². The molecule has 36 heavy (non-hydrogen) atoms. The first-order valence-corrected chi connectivity index (χ1v) is 12.1. The molecule has 4 heterocycles. The maximum absolute atomic E-state index is 13.9. The first kappa shape index (κ1) is 24.4. The van der Waals surface area contributed by atoms with E-state index in [4.69, 9.17) is 14.2 Å². The van der Waals surface area contributed by atoms with Gasteiger partial charge in [0.1, 0.15) is 5.82 Å². The predicted molar refractivity (Wildman–Crippen MR) is 123 cm³/mol. The SMILES string of the molecule is Cc1c(CCN2C3CCC2CC(OCc2ccccc2F)C3)c(=O)n(C)c(=O)n1C1OC(=O)C(=O)O1. The molecule has 0 amide bonds. The van der Waals surface area contributed by atoms with Gasteiger partial charge in [0.15, 0.2) is 0 Å². The highest BCUT2D eigenvalue weighted by atomic mass is 19.1. The zero-order valence-electron chi connectivity index (χ0n) is 20.1. The lowest BCUT2D eigenvalue weighted by molar-refractivity contribution is -0.155. The molecule has 2 atom stereocenters. The van der Waals surface area contributed by atoms with Gasteiger partial charge < -0.3 is 14.2 Å². The van der Waals surface area contributed by atoms with Crippen molar-refractivity contribution < 1.29 is 28.2 Å². The summed E-state index contributed by atoms with van der Waals surface area (Å²) in [6.45, 7) is 2.42. The summed E-state index contributed by atoms with van der Waals surface area (Å²) < 4.78 is 31.7. The number of cyclic esters (lactones) is 2. The second-order valence-corrected chi connectivity index (χ2v) is 9.57. The van der Waals surface area contributed by atoms with Gasteiger partial charge in [-0.1, -0.05) is 18.2 Å². The number of hydrogen-bond acceptors (Lipinski definition) is 8. The van der Waals surface area contributed by atoms with Crippen LogP contribution in [0.4, 0.5) is 4.39 Å². The molecule has 5 rings (SSSR count). The molecule has 0 radical (unpaired) electrons. The summed E-state index contributed by atoms with van der Waals surface area (Å²) in [6, 6.07) is 7.20. The molecule has 192 valence electrons. The number of hydrogen-bond donors (Lipinski definition) is 0. The highest BCUT2D eigenvalue weighted by Gasteiger charge is 2.41. The van der Waals surface area contributed by atoms with Crippen molar-refractivity contribution in [1.29, 1.82) is 0 Å². The van der Waals surface area contributed by atoms with Crippen LogP contribution in [0.25, 0.3) is 0 Å². The van der Waals surface area contributed by atoms with Crippen molar-refractivity contribution in [3.63, 3.8) is 0 Å². The molecule has 0 spiro atoms. The molecule has 0 saturated carbocycles. The lowest BCUT2D eigenvalue weighted by atomic mass is 9.98. The average molecular weight is 502 g/mol. The van der Waals surface area contributed by atoms with E-state index in [1.807, 2.05) is 0 Å². The van der Waals surface area contributed by atoms with Crippen molar-refractivity contribution in [2.45, 2.75) is 70.2 Å². The summed E-state index contributed by atoms with van der Waals surface area (Å²) in [5.41, 5.74) is 0.0771. The molecule has 2 bridgehead atoms. The van der Waals surface area contributed by atoms with Gasteiger partial charge in [0, 0.05) is 42.5 Å². The van der Waals surface area contributed by atoms with E-state index in [9.17, 15) is 23.6 Å². The van der Waals surface area contributed by atoms with Crippen molar-refractivity contribution in [2.75, 3.05) is 6.54 Å². The van der Waals surface area contributed by atoms with Crippen molar-refractivity contribution in [1.82, 2.24) is 14.0 Å². The number of benzene rings is 1. The molecule has 1 aromatic heterocycles. The molecular formula is C25H28FN3O7. The molecule has 3 fully saturated rings. The third-order valence-corrected chi connectivity index (χ3v) is 7.54. The molecule has 3 aliphatic rings. The number of carbonyl (C=O) groups excluding carboxylic acids is 2. The van der Waals surface area contributed by atoms with Crippen molar-refractivity contribution >= 4 is 11.9 Å². The highest BCUT2D eigenvalue weighted by molar-refractivity contribution is 6.30. The monoisotopic (exact) mass is 501 g/mol. The number of esters is 2. The Morgan fingerprint density at radius 3 is 2.31 bits per heavy atom. The molecular weight excluding hydrogens is 473 g/mol. The molecule has 3 aliphatic heterocycles. The summed E-state index contributed by atoms with van der Waals surface area (Å²) >= 11 is 0. The van der Waals surface area contributed by atoms with E-state index in [1.54, 1.807) is 25.1 Å². The largest absolute Gasteiger partial charge is 0.422 e. The first-order valence-electron chi connectivity index (χ1n) is 12.1. The number of carbonyl (C=O) groups is 2. The van der Waals surface area contributed by atoms with Crippen LogP contribution in [0.3, 0.4) is 0 Å². The van der Waals surface area contributed by atoms with E-state index in [-0.39, 0.29) is 18.5 Å². The van der Waals surface area contributed by atoms with Crippen molar-refractivity contribution in [2.24, 2.45) is 7.05 Å². The van der Waals surface area contributed by atoms with Crippen LogP contribution in [0.15, 0.2) is 33.9 Å². The molecule has 3 saturated heterocycles. The Hall–Kier alpha value is -3.31. The standard InChI is InChI=1S/C25H28FN3O7/c1-14-19(21(30)27(2)24(33)29(14)25-35-22(31)23(32)36-25)9-10-28-16-7-8-17(28)12-18(11-16)34-13-15-5-3-4-6-20(15)26/h3-6,16-18,25H,7-13H2,1-2H3. The Balaban J connectivity index is 1.27. The minimum absolute atomic E-state index is 0.0432. The predicted octanol–water partition coefficient (Wildman–Crippen LogP) is 1.31. The third-order valence-electron chi connectivity index (χ3n) is 7.54. The first-order chi connectivity index (χ1) is 17.2. The second kappa shape index (κ2) is 9.62. The van der Waals surface area contributed by atoms with Gasteiger partial charge in [0.2, 0.25) is 0 Å². The summed E-state index contributed by atoms with van der Waals surface area (Å²) in [4.78, 5) is 51.0. The minimum Gasteiger partial charge on any atom is -0.397 e. The quantitative estimate of drug-likeness (QED) is 0.413. The van der Waals surface area contributed by atoms with Crippen LogP contribution in [-0.4, -0.2) is 50.7 Å². The van der Waals surface area contributed by atoms with Crippen LogP contribution in [0.2, 0.25) is 0 Å². The van der Waals surface area contributed by atoms with Crippen LogP contribution in [0.5, 0.6) is 0 Å². The summed E-state index contributed by atoms with van der Waals surface area (Å²) in [5.74, 6) is -2.63. The summed E-state index contributed by atoms with van der Waals surface area (Å²) in [6.07, 6.45) is 2.60. The topological polar surface area (TPSA) is 109 Å². The highest BCUT2D eigenvalue weighted by Crippen LogP contribution is 2.37. The van der Waals surface area contributed by atoms with Crippen LogP contribution >= 0.6 is 0 Å². The van der Waals surface area contributed by atoms with E-state index in [0.717, 1.165) is 34.8 Å².